The zero-order chi connectivity index (χ0) is 22.8. The van der Waals surface area contributed by atoms with Gasteiger partial charge in [0.05, 0.1) is 34.5 Å². The van der Waals surface area contributed by atoms with Crippen LogP contribution in [0.15, 0.2) is 53.1 Å². The van der Waals surface area contributed by atoms with E-state index >= 15 is 0 Å². The van der Waals surface area contributed by atoms with Gasteiger partial charge in [-0.1, -0.05) is 15.9 Å². The smallest absolute Gasteiger partial charge is 0.412 e. The van der Waals surface area contributed by atoms with Crippen molar-refractivity contribution in [2.24, 2.45) is 0 Å². The molecule has 0 aliphatic heterocycles. The molecule has 0 unspecified atom stereocenters. The molecule has 0 saturated carbocycles. The van der Waals surface area contributed by atoms with Crippen LogP contribution in [0.2, 0.25) is 0 Å². The van der Waals surface area contributed by atoms with Gasteiger partial charge >= 0.3 is 6.09 Å². The van der Waals surface area contributed by atoms with Gasteiger partial charge in [0.15, 0.2) is 0 Å². The molecule has 2 N–H and O–H groups in total. The van der Waals surface area contributed by atoms with E-state index < -0.39 is 23.4 Å². The molecule has 0 fully saturated rings. The van der Waals surface area contributed by atoms with Crippen LogP contribution in [0, 0.1) is 12.7 Å². The first-order valence-corrected chi connectivity index (χ1v) is 10.2. The number of carbonyl (C=O) groups is 2. The van der Waals surface area contributed by atoms with Gasteiger partial charge in [0, 0.05) is 4.47 Å². The van der Waals surface area contributed by atoms with Crippen LogP contribution in [0.5, 0.6) is 0 Å². The second kappa shape index (κ2) is 8.89. The Morgan fingerprint density at radius 2 is 1.74 bits per heavy atom. The van der Waals surface area contributed by atoms with Gasteiger partial charge in [-0.25, -0.2) is 13.9 Å². The van der Waals surface area contributed by atoms with Crippen LogP contribution in [-0.2, 0) is 4.74 Å². The SMILES string of the molecule is Cc1c(C(=O)Nc2cc(F)ccc2NC(=O)OC(C)(C)C)cnn1-c1ccc(Br)cc1. The molecule has 7 nitrogen and oxygen atoms in total. The number of nitrogens with zero attached hydrogens (tertiary/aromatic N) is 2. The fraction of sp³-hybridized carbons (Fsp3) is 0.227. The van der Waals surface area contributed by atoms with E-state index in [4.69, 9.17) is 4.74 Å². The number of rotatable bonds is 4. The molecule has 31 heavy (non-hydrogen) atoms. The highest BCUT2D eigenvalue weighted by Gasteiger charge is 2.20. The summed E-state index contributed by atoms with van der Waals surface area (Å²) in [6.45, 7) is 6.94. The summed E-state index contributed by atoms with van der Waals surface area (Å²) >= 11 is 3.38. The van der Waals surface area contributed by atoms with Crippen LogP contribution in [0.3, 0.4) is 0 Å². The summed E-state index contributed by atoms with van der Waals surface area (Å²) in [6.07, 6.45) is 0.723. The number of carbonyl (C=O) groups excluding carboxylic acids is 2. The van der Waals surface area contributed by atoms with E-state index in [0.717, 1.165) is 16.2 Å². The van der Waals surface area contributed by atoms with Gasteiger partial charge in [0.1, 0.15) is 11.4 Å². The van der Waals surface area contributed by atoms with Crippen molar-refractivity contribution in [2.45, 2.75) is 33.3 Å². The maximum atomic E-state index is 13.8. The number of nitrogens with one attached hydrogen (secondary N) is 2. The van der Waals surface area contributed by atoms with E-state index in [1.165, 1.54) is 18.3 Å². The second-order valence-corrected chi connectivity index (χ2v) is 8.72. The van der Waals surface area contributed by atoms with Gasteiger partial charge in [0.2, 0.25) is 0 Å². The van der Waals surface area contributed by atoms with Crippen LogP contribution in [0.1, 0.15) is 36.8 Å². The number of ether oxygens (including phenoxy) is 1. The van der Waals surface area contributed by atoms with Gasteiger partial charge in [-0.2, -0.15) is 5.10 Å². The number of hydrogen-bond acceptors (Lipinski definition) is 4. The molecule has 0 radical (unpaired) electrons. The van der Waals surface area contributed by atoms with Crippen LogP contribution < -0.4 is 10.6 Å². The molecular formula is C22H22BrFN4O3. The second-order valence-electron chi connectivity index (χ2n) is 7.80. The molecule has 2 amide bonds. The first-order chi connectivity index (χ1) is 14.5. The van der Waals surface area contributed by atoms with E-state index in [9.17, 15) is 14.0 Å². The van der Waals surface area contributed by atoms with Gasteiger partial charge in [-0.3, -0.25) is 10.1 Å². The Labute approximate surface area is 187 Å². The van der Waals surface area contributed by atoms with Gasteiger partial charge < -0.3 is 10.1 Å². The summed E-state index contributed by atoms with van der Waals surface area (Å²) in [5.74, 6) is -1.05. The van der Waals surface area contributed by atoms with Crippen molar-refractivity contribution >= 4 is 39.3 Å². The maximum Gasteiger partial charge on any atom is 0.412 e. The highest BCUT2D eigenvalue weighted by atomic mass is 79.9. The van der Waals surface area contributed by atoms with E-state index in [2.05, 4.69) is 31.7 Å². The molecule has 1 heterocycles. The Balaban J connectivity index is 1.83. The Bertz CT molecular complexity index is 1120. The first-order valence-electron chi connectivity index (χ1n) is 9.45. The standard InChI is InChI=1S/C22H22BrFN4O3/c1-13-17(12-25-28(13)16-8-5-14(23)6-9-16)20(29)26-19-11-15(24)7-10-18(19)27-21(30)31-22(2,3)4/h5-12H,1-4H3,(H,26,29)(H,27,30). The lowest BCUT2D eigenvalue weighted by Crippen LogP contribution is -2.27. The number of amides is 2. The monoisotopic (exact) mass is 488 g/mol. The normalized spacial score (nSPS) is 11.2. The van der Waals surface area contributed by atoms with Crippen LogP contribution in [-0.4, -0.2) is 27.4 Å². The highest BCUT2D eigenvalue weighted by Crippen LogP contribution is 2.25. The topological polar surface area (TPSA) is 85.2 Å². The lowest BCUT2D eigenvalue weighted by Gasteiger charge is -2.20. The molecular weight excluding hydrogens is 467 g/mol. The summed E-state index contributed by atoms with van der Waals surface area (Å²) < 4.78 is 21.6. The minimum atomic E-state index is -0.714. The quantitative estimate of drug-likeness (QED) is 0.494. The molecule has 1 aromatic heterocycles. The fourth-order valence-corrected chi connectivity index (χ4v) is 3.07. The third kappa shape index (κ3) is 5.69. The molecule has 2 aromatic carbocycles. The van der Waals surface area contributed by atoms with Crippen molar-refractivity contribution in [1.29, 1.82) is 0 Å². The third-order valence-electron chi connectivity index (χ3n) is 4.19. The van der Waals surface area contributed by atoms with Crippen LogP contribution in [0.4, 0.5) is 20.6 Å². The summed E-state index contributed by atoms with van der Waals surface area (Å²) in [5.41, 5.74) is 1.33. The lowest BCUT2D eigenvalue weighted by atomic mass is 10.2. The van der Waals surface area contributed by atoms with Crippen molar-refractivity contribution < 1.29 is 18.7 Å². The summed E-state index contributed by atoms with van der Waals surface area (Å²) in [7, 11) is 0. The minimum Gasteiger partial charge on any atom is -0.444 e. The maximum absolute atomic E-state index is 13.8. The van der Waals surface area contributed by atoms with Gasteiger partial charge in [-0.05, 0) is 70.2 Å². The van der Waals surface area contributed by atoms with E-state index in [1.54, 1.807) is 32.4 Å². The minimum absolute atomic E-state index is 0.103. The molecule has 162 valence electrons. The third-order valence-corrected chi connectivity index (χ3v) is 4.72. The van der Waals surface area contributed by atoms with E-state index in [0.29, 0.717) is 11.3 Å². The molecule has 3 aromatic rings. The van der Waals surface area contributed by atoms with Crippen molar-refractivity contribution in [1.82, 2.24) is 9.78 Å². The van der Waals surface area contributed by atoms with Crippen molar-refractivity contribution in [3.63, 3.8) is 0 Å². The Morgan fingerprint density at radius 3 is 2.39 bits per heavy atom. The average Bonchev–Trinajstić information content (AvgIpc) is 3.04. The summed E-state index contributed by atoms with van der Waals surface area (Å²) in [5, 5.41) is 9.46. The fourth-order valence-electron chi connectivity index (χ4n) is 2.81. The van der Waals surface area contributed by atoms with E-state index in [-0.39, 0.29) is 11.4 Å². The van der Waals surface area contributed by atoms with Gasteiger partial charge in [-0.15, -0.1) is 0 Å². The van der Waals surface area contributed by atoms with E-state index in [1.807, 2.05) is 24.3 Å². The highest BCUT2D eigenvalue weighted by molar-refractivity contribution is 9.10. The Kier molecular flexibility index (Phi) is 6.45. The number of benzene rings is 2. The molecule has 0 aliphatic carbocycles. The summed E-state index contributed by atoms with van der Waals surface area (Å²) in [4.78, 5) is 25.0. The molecule has 9 heteroatoms. The number of anilines is 2. The summed E-state index contributed by atoms with van der Waals surface area (Å²) in [6, 6.07) is 11.1. The number of halogens is 2. The zero-order valence-corrected chi connectivity index (χ0v) is 19.1. The van der Waals surface area contributed by atoms with Gasteiger partial charge in [0.25, 0.3) is 5.91 Å². The van der Waals surface area contributed by atoms with Crippen molar-refractivity contribution in [2.75, 3.05) is 10.6 Å². The van der Waals surface area contributed by atoms with Crippen molar-refractivity contribution in [3.05, 3.63) is 70.2 Å². The molecule has 0 bridgehead atoms. The molecule has 0 spiro atoms. The Hall–Kier alpha value is -3.20. The number of aromatic nitrogens is 2. The Morgan fingerprint density at radius 1 is 1.06 bits per heavy atom. The predicted molar refractivity (Wildman–Crippen MR) is 120 cm³/mol. The predicted octanol–water partition coefficient (Wildman–Crippen LogP) is 5.68. The largest absolute Gasteiger partial charge is 0.444 e. The number of hydrogen-bond donors (Lipinski definition) is 2. The molecule has 0 atom stereocenters. The average molecular weight is 489 g/mol. The molecule has 3 rings (SSSR count). The van der Waals surface area contributed by atoms with Crippen molar-refractivity contribution in [3.8, 4) is 5.69 Å². The van der Waals surface area contributed by atoms with Crippen LogP contribution >= 0.6 is 15.9 Å². The molecule has 0 saturated heterocycles. The lowest BCUT2D eigenvalue weighted by molar-refractivity contribution is 0.0635. The van der Waals surface area contributed by atoms with Crippen LogP contribution in [0.25, 0.3) is 5.69 Å². The zero-order valence-electron chi connectivity index (χ0n) is 17.5. The molecule has 0 aliphatic rings. The first kappa shape index (κ1) is 22.5.